The van der Waals surface area contributed by atoms with Crippen LogP contribution in [0.25, 0.3) is 0 Å². The summed E-state index contributed by atoms with van der Waals surface area (Å²) >= 11 is 0. The molecule has 1 aromatic carbocycles. The molecule has 2 rings (SSSR count). The van der Waals surface area contributed by atoms with E-state index in [-0.39, 0.29) is 30.0 Å². The third kappa shape index (κ3) is 4.55. The van der Waals surface area contributed by atoms with Gasteiger partial charge in [-0.1, -0.05) is 19.1 Å². The summed E-state index contributed by atoms with van der Waals surface area (Å²) in [6, 6.07) is 6.13. The van der Waals surface area contributed by atoms with Gasteiger partial charge in [-0.05, 0) is 37.0 Å². The monoisotopic (exact) mass is 306 g/mol. The summed E-state index contributed by atoms with van der Waals surface area (Å²) in [7, 11) is 0. The Kier molecular flexibility index (Phi) is 5.92. The fraction of sp³-hybridized carbons (Fsp3) is 0.529. The molecule has 0 bridgehead atoms. The molecule has 0 aromatic heterocycles. The number of hydrogen-bond acceptors (Lipinski definition) is 2. The molecule has 1 N–H and O–H groups in total. The van der Waals surface area contributed by atoms with Crippen molar-refractivity contribution in [1.29, 1.82) is 0 Å². The van der Waals surface area contributed by atoms with Crippen molar-refractivity contribution >= 4 is 11.8 Å². The minimum atomic E-state index is -0.323. The largest absolute Gasteiger partial charge is 0.356 e. The first-order chi connectivity index (χ1) is 10.6. The van der Waals surface area contributed by atoms with Crippen LogP contribution in [0.5, 0.6) is 0 Å². The van der Waals surface area contributed by atoms with E-state index in [4.69, 9.17) is 0 Å². The van der Waals surface area contributed by atoms with Crippen LogP contribution in [-0.4, -0.2) is 36.3 Å². The zero-order chi connectivity index (χ0) is 15.9. The first-order valence-corrected chi connectivity index (χ1v) is 7.90. The first-order valence-electron chi connectivity index (χ1n) is 7.90. The predicted octanol–water partition coefficient (Wildman–Crippen LogP) is 2.13. The highest BCUT2D eigenvalue weighted by atomic mass is 19.1. The molecular formula is C17H23FN2O2. The van der Waals surface area contributed by atoms with Gasteiger partial charge in [0.2, 0.25) is 11.8 Å². The van der Waals surface area contributed by atoms with Crippen molar-refractivity contribution in [2.24, 2.45) is 5.92 Å². The van der Waals surface area contributed by atoms with E-state index in [9.17, 15) is 14.0 Å². The molecule has 1 fully saturated rings. The SMILES string of the molecule is CCCNC(=O)C1CCN(C(=O)Cc2cccc(F)c2)CC1. The van der Waals surface area contributed by atoms with Gasteiger partial charge in [0.15, 0.2) is 0 Å². The second-order valence-corrected chi connectivity index (χ2v) is 5.75. The molecule has 0 saturated carbocycles. The Labute approximate surface area is 130 Å². The molecule has 1 aliphatic heterocycles. The van der Waals surface area contributed by atoms with Crippen LogP contribution in [0.3, 0.4) is 0 Å². The Morgan fingerprint density at radius 1 is 1.32 bits per heavy atom. The third-order valence-electron chi connectivity index (χ3n) is 4.01. The number of likely N-dealkylation sites (tertiary alicyclic amines) is 1. The van der Waals surface area contributed by atoms with Gasteiger partial charge < -0.3 is 10.2 Å². The van der Waals surface area contributed by atoms with Crippen LogP contribution in [0.15, 0.2) is 24.3 Å². The van der Waals surface area contributed by atoms with Crippen LogP contribution < -0.4 is 5.32 Å². The van der Waals surface area contributed by atoms with Crippen LogP contribution in [0, 0.1) is 11.7 Å². The summed E-state index contributed by atoms with van der Waals surface area (Å²) in [6.07, 6.45) is 2.54. The molecule has 120 valence electrons. The van der Waals surface area contributed by atoms with E-state index in [1.165, 1.54) is 12.1 Å². The standard InChI is InChI=1S/C17H23FN2O2/c1-2-8-19-17(22)14-6-9-20(10-7-14)16(21)12-13-4-3-5-15(18)11-13/h3-5,11,14H,2,6-10,12H2,1H3,(H,19,22). The number of piperidine rings is 1. The first kappa shape index (κ1) is 16.5. The fourth-order valence-electron chi connectivity index (χ4n) is 2.72. The summed E-state index contributed by atoms with van der Waals surface area (Å²) < 4.78 is 13.1. The van der Waals surface area contributed by atoms with Crippen LogP contribution in [0.1, 0.15) is 31.7 Å². The molecule has 0 spiro atoms. The smallest absolute Gasteiger partial charge is 0.226 e. The van der Waals surface area contributed by atoms with E-state index in [2.05, 4.69) is 5.32 Å². The van der Waals surface area contributed by atoms with Crippen LogP contribution in [0.4, 0.5) is 4.39 Å². The number of nitrogens with zero attached hydrogens (tertiary/aromatic N) is 1. The van der Waals surface area contributed by atoms with E-state index in [0.29, 0.717) is 38.0 Å². The van der Waals surface area contributed by atoms with Gasteiger partial charge in [0.1, 0.15) is 5.82 Å². The lowest BCUT2D eigenvalue weighted by atomic mass is 9.95. The fourth-order valence-corrected chi connectivity index (χ4v) is 2.72. The number of amides is 2. The Balaban J connectivity index is 1.81. The molecule has 1 aliphatic rings. The Morgan fingerprint density at radius 3 is 2.68 bits per heavy atom. The van der Waals surface area contributed by atoms with Gasteiger partial charge in [-0.15, -0.1) is 0 Å². The van der Waals surface area contributed by atoms with Crippen LogP contribution in [0.2, 0.25) is 0 Å². The van der Waals surface area contributed by atoms with Crippen LogP contribution in [-0.2, 0) is 16.0 Å². The van der Waals surface area contributed by atoms with Crippen molar-refractivity contribution in [2.45, 2.75) is 32.6 Å². The highest BCUT2D eigenvalue weighted by Crippen LogP contribution is 2.18. The van der Waals surface area contributed by atoms with Gasteiger partial charge in [-0.3, -0.25) is 9.59 Å². The molecule has 0 aliphatic carbocycles. The quantitative estimate of drug-likeness (QED) is 0.906. The normalized spacial score (nSPS) is 15.6. The number of rotatable bonds is 5. The molecule has 1 heterocycles. The van der Waals surface area contributed by atoms with Crippen molar-refractivity contribution in [3.8, 4) is 0 Å². The molecule has 2 amide bonds. The molecular weight excluding hydrogens is 283 g/mol. The minimum Gasteiger partial charge on any atom is -0.356 e. The van der Waals surface area contributed by atoms with Gasteiger partial charge in [-0.25, -0.2) is 4.39 Å². The Hall–Kier alpha value is -1.91. The lowest BCUT2D eigenvalue weighted by Gasteiger charge is -2.31. The highest BCUT2D eigenvalue weighted by Gasteiger charge is 2.26. The van der Waals surface area contributed by atoms with Gasteiger partial charge >= 0.3 is 0 Å². The maximum Gasteiger partial charge on any atom is 0.226 e. The lowest BCUT2D eigenvalue weighted by molar-refractivity contribution is -0.135. The minimum absolute atomic E-state index is 0.00184. The summed E-state index contributed by atoms with van der Waals surface area (Å²) in [6.45, 7) is 3.92. The molecule has 1 aromatic rings. The zero-order valence-electron chi connectivity index (χ0n) is 13.0. The van der Waals surface area contributed by atoms with Crippen molar-refractivity contribution in [3.05, 3.63) is 35.6 Å². The molecule has 0 atom stereocenters. The summed E-state index contributed by atoms with van der Waals surface area (Å²) in [5.74, 6) is -0.224. The van der Waals surface area contributed by atoms with E-state index in [0.717, 1.165) is 6.42 Å². The molecule has 0 unspecified atom stereocenters. The van der Waals surface area contributed by atoms with Crippen molar-refractivity contribution in [3.63, 3.8) is 0 Å². The Morgan fingerprint density at radius 2 is 2.05 bits per heavy atom. The maximum atomic E-state index is 13.1. The molecule has 0 radical (unpaired) electrons. The molecule has 1 saturated heterocycles. The predicted molar refractivity (Wildman–Crippen MR) is 82.7 cm³/mol. The second-order valence-electron chi connectivity index (χ2n) is 5.75. The van der Waals surface area contributed by atoms with Gasteiger partial charge in [-0.2, -0.15) is 0 Å². The topological polar surface area (TPSA) is 49.4 Å². The van der Waals surface area contributed by atoms with Gasteiger partial charge in [0, 0.05) is 25.6 Å². The zero-order valence-corrected chi connectivity index (χ0v) is 13.0. The number of hydrogen-bond donors (Lipinski definition) is 1. The third-order valence-corrected chi connectivity index (χ3v) is 4.01. The number of benzene rings is 1. The number of nitrogens with one attached hydrogen (secondary N) is 1. The number of carbonyl (C=O) groups is 2. The molecule has 5 heteroatoms. The average molecular weight is 306 g/mol. The van der Waals surface area contributed by atoms with Gasteiger partial charge in [0.05, 0.1) is 6.42 Å². The van der Waals surface area contributed by atoms with Crippen molar-refractivity contribution < 1.29 is 14.0 Å². The number of halogens is 1. The average Bonchev–Trinajstić information content (AvgIpc) is 2.52. The van der Waals surface area contributed by atoms with E-state index < -0.39 is 0 Å². The lowest BCUT2D eigenvalue weighted by Crippen LogP contribution is -2.43. The number of carbonyl (C=O) groups excluding carboxylic acids is 2. The summed E-state index contributed by atoms with van der Waals surface area (Å²) in [5, 5.41) is 2.91. The second kappa shape index (κ2) is 7.92. The van der Waals surface area contributed by atoms with E-state index in [1.807, 2.05) is 6.92 Å². The van der Waals surface area contributed by atoms with Crippen molar-refractivity contribution in [2.75, 3.05) is 19.6 Å². The summed E-state index contributed by atoms with van der Waals surface area (Å²) in [4.78, 5) is 25.9. The van der Waals surface area contributed by atoms with E-state index >= 15 is 0 Å². The summed E-state index contributed by atoms with van der Waals surface area (Å²) in [5.41, 5.74) is 0.688. The van der Waals surface area contributed by atoms with Gasteiger partial charge in [0.25, 0.3) is 0 Å². The van der Waals surface area contributed by atoms with E-state index in [1.54, 1.807) is 17.0 Å². The molecule has 22 heavy (non-hydrogen) atoms. The molecule has 4 nitrogen and oxygen atoms in total. The Bertz CT molecular complexity index is 525. The van der Waals surface area contributed by atoms with Crippen molar-refractivity contribution in [1.82, 2.24) is 10.2 Å². The highest BCUT2D eigenvalue weighted by molar-refractivity contribution is 5.81. The van der Waals surface area contributed by atoms with Crippen LogP contribution >= 0.6 is 0 Å². The maximum absolute atomic E-state index is 13.1.